The van der Waals surface area contributed by atoms with Crippen molar-refractivity contribution >= 4 is 34.0 Å². The summed E-state index contributed by atoms with van der Waals surface area (Å²) in [6.45, 7) is 5.15. The Bertz CT molecular complexity index is 614. The molecule has 23 heavy (non-hydrogen) atoms. The van der Waals surface area contributed by atoms with E-state index in [1.54, 1.807) is 13.8 Å². The summed E-state index contributed by atoms with van der Waals surface area (Å²) in [5.41, 5.74) is 0.895. The van der Waals surface area contributed by atoms with Gasteiger partial charge in [0, 0.05) is 5.92 Å². The number of esters is 1. The van der Waals surface area contributed by atoms with E-state index < -0.39 is 5.97 Å². The number of carbonyl (C=O) groups excluding carboxylic acids is 3. The molecular weight excluding hydrogens is 314 g/mol. The van der Waals surface area contributed by atoms with Gasteiger partial charge in [0.1, 0.15) is 5.00 Å². The maximum atomic E-state index is 12.4. The van der Waals surface area contributed by atoms with Crippen molar-refractivity contribution in [1.29, 1.82) is 0 Å². The van der Waals surface area contributed by atoms with Gasteiger partial charge in [-0.1, -0.05) is 19.3 Å². The second-order valence-electron chi connectivity index (χ2n) is 5.86. The highest BCUT2D eigenvalue weighted by atomic mass is 32.1. The van der Waals surface area contributed by atoms with Gasteiger partial charge in [0.15, 0.2) is 5.78 Å². The first-order valence-corrected chi connectivity index (χ1v) is 8.89. The molecule has 1 saturated carbocycles. The molecule has 1 fully saturated rings. The zero-order chi connectivity index (χ0) is 17.0. The minimum Gasteiger partial charge on any atom is -0.462 e. The molecule has 1 aromatic heterocycles. The van der Waals surface area contributed by atoms with Crippen LogP contribution in [-0.4, -0.2) is 24.3 Å². The highest BCUT2D eigenvalue weighted by molar-refractivity contribution is 7.18. The van der Waals surface area contributed by atoms with Crippen molar-refractivity contribution in [2.24, 2.45) is 5.92 Å². The van der Waals surface area contributed by atoms with Gasteiger partial charge in [0.2, 0.25) is 5.91 Å². The van der Waals surface area contributed by atoms with Gasteiger partial charge in [-0.2, -0.15) is 0 Å². The Kier molecular flexibility index (Phi) is 5.93. The van der Waals surface area contributed by atoms with Gasteiger partial charge in [-0.05, 0) is 39.2 Å². The number of nitrogens with one attached hydrogen (secondary N) is 1. The summed E-state index contributed by atoms with van der Waals surface area (Å²) in [6, 6.07) is 0. The Morgan fingerprint density at radius 3 is 2.43 bits per heavy atom. The molecule has 0 saturated heterocycles. The van der Waals surface area contributed by atoms with E-state index in [2.05, 4.69) is 5.32 Å². The molecule has 5 nitrogen and oxygen atoms in total. The smallest absolute Gasteiger partial charge is 0.341 e. The number of Topliss-reactive ketones (excluding diaryl/α,β-unsaturated/α-hetero) is 1. The van der Waals surface area contributed by atoms with Crippen LogP contribution in [0.1, 0.15) is 71.5 Å². The summed E-state index contributed by atoms with van der Waals surface area (Å²) >= 11 is 1.16. The first-order valence-electron chi connectivity index (χ1n) is 8.08. The van der Waals surface area contributed by atoms with Crippen molar-refractivity contribution in [1.82, 2.24) is 0 Å². The summed E-state index contributed by atoms with van der Waals surface area (Å²) in [4.78, 5) is 36.9. The zero-order valence-electron chi connectivity index (χ0n) is 13.9. The SMILES string of the molecule is CCOC(=O)c1c(NC(=O)C2CCCCC2)sc(C(C)=O)c1C. The van der Waals surface area contributed by atoms with Gasteiger partial charge < -0.3 is 10.1 Å². The number of amides is 1. The molecule has 0 spiro atoms. The van der Waals surface area contributed by atoms with Crippen LogP contribution in [0.25, 0.3) is 0 Å². The van der Waals surface area contributed by atoms with Crippen molar-refractivity contribution in [2.75, 3.05) is 11.9 Å². The summed E-state index contributed by atoms with van der Waals surface area (Å²) < 4.78 is 5.07. The number of thiophene rings is 1. The second-order valence-corrected chi connectivity index (χ2v) is 6.88. The fourth-order valence-electron chi connectivity index (χ4n) is 2.97. The largest absolute Gasteiger partial charge is 0.462 e. The van der Waals surface area contributed by atoms with Crippen molar-refractivity contribution < 1.29 is 19.1 Å². The van der Waals surface area contributed by atoms with Gasteiger partial charge in [0.05, 0.1) is 17.0 Å². The third-order valence-corrected chi connectivity index (χ3v) is 5.47. The number of rotatable bonds is 5. The Labute approximate surface area is 140 Å². The van der Waals surface area contributed by atoms with E-state index in [0.717, 1.165) is 37.0 Å². The molecule has 0 aliphatic heterocycles. The summed E-state index contributed by atoms with van der Waals surface area (Å²) in [5, 5.41) is 3.29. The molecule has 126 valence electrons. The highest BCUT2D eigenvalue weighted by Gasteiger charge is 2.27. The Morgan fingerprint density at radius 2 is 1.87 bits per heavy atom. The maximum Gasteiger partial charge on any atom is 0.341 e. The van der Waals surface area contributed by atoms with Crippen LogP contribution in [0, 0.1) is 12.8 Å². The second kappa shape index (κ2) is 7.73. The maximum absolute atomic E-state index is 12.4. The van der Waals surface area contributed by atoms with Gasteiger partial charge in [-0.25, -0.2) is 4.79 Å². The van der Waals surface area contributed by atoms with Gasteiger partial charge >= 0.3 is 5.97 Å². The Hall–Kier alpha value is -1.69. The summed E-state index contributed by atoms with van der Waals surface area (Å²) in [6.07, 6.45) is 5.05. The molecule has 0 bridgehead atoms. The van der Waals surface area contributed by atoms with Crippen LogP contribution in [0.15, 0.2) is 0 Å². The fraction of sp³-hybridized carbons (Fsp3) is 0.588. The number of ketones is 1. The van der Waals surface area contributed by atoms with E-state index in [1.165, 1.54) is 13.3 Å². The number of hydrogen-bond acceptors (Lipinski definition) is 5. The number of carbonyl (C=O) groups is 3. The molecule has 6 heteroatoms. The molecule has 1 heterocycles. The van der Waals surface area contributed by atoms with Crippen molar-refractivity contribution in [2.45, 2.75) is 52.9 Å². The van der Waals surface area contributed by atoms with Gasteiger partial charge in [-0.3, -0.25) is 9.59 Å². The van der Waals surface area contributed by atoms with Crippen LogP contribution in [0.4, 0.5) is 5.00 Å². The summed E-state index contributed by atoms with van der Waals surface area (Å²) in [7, 11) is 0. The molecular formula is C17H23NO4S. The van der Waals surface area contributed by atoms with Gasteiger partial charge in [-0.15, -0.1) is 11.3 Å². The first-order chi connectivity index (χ1) is 11.0. The monoisotopic (exact) mass is 337 g/mol. The molecule has 0 atom stereocenters. The summed E-state index contributed by atoms with van der Waals surface area (Å²) in [5.74, 6) is -0.683. The highest BCUT2D eigenvalue weighted by Crippen LogP contribution is 2.35. The number of ether oxygens (including phenoxy) is 1. The predicted molar refractivity (Wildman–Crippen MR) is 90.2 cm³/mol. The Balaban J connectivity index is 2.28. The third-order valence-electron chi connectivity index (χ3n) is 4.16. The predicted octanol–water partition coefficient (Wildman–Crippen LogP) is 3.95. The van der Waals surface area contributed by atoms with E-state index in [1.807, 2.05) is 0 Å². The van der Waals surface area contributed by atoms with E-state index >= 15 is 0 Å². The molecule has 0 radical (unpaired) electrons. The van der Waals surface area contributed by atoms with Crippen molar-refractivity contribution in [3.8, 4) is 0 Å². The lowest BCUT2D eigenvalue weighted by atomic mass is 9.89. The van der Waals surface area contributed by atoms with Crippen molar-refractivity contribution in [3.05, 3.63) is 16.0 Å². The molecule has 0 aromatic carbocycles. The van der Waals surface area contributed by atoms with E-state index in [9.17, 15) is 14.4 Å². The lowest BCUT2D eigenvalue weighted by Gasteiger charge is -2.20. The van der Waals surface area contributed by atoms with Crippen LogP contribution < -0.4 is 5.32 Å². The fourth-order valence-corrected chi connectivity index (χ4v) is 4.06. The van der Waals surface area contributed by atoms with Crippen LogP contribution >= 0.6 is 11.3 Å². The molecule has 1 aromatic rings. The number of hydrogen-bond donors (Lipinski definition) is 1. The van der Waals surface area contributed by atoms with E-state index in [0.29, 0.717) is 21.0 Å². The van der Waals surface area contributed by atoms with E-state index in [4.69, 9.17) is 4.74 Å². The standard InChI is InChI=1S/C17H23NO4S/c1-4-22-17(21)13-10(2)14(11(3)19)23-16(13)18-15(20)12-8-6-5-7-9-12/h12H,4-9H2,1-3H3,(H,18,20). The third kappa shape index (κ3) is 3.99. The zero-order valence-corrected chi connectivity index (χ0v) is 14.7. The van der Waals surface area contributed by atoms with E-state index in [-0.39, 0.29) is 24.2 Å². The minimum atomic E-state index is -0.493. The molecule has 1 amide bonds. The van der Waals surface area contributed by atoms with Crippen LogP contribution in [0.5, 0.6) is 0 Å². The van der Waals surface area contributed by atoms with Crippen molar-refractivity contribution in [3.63, 3.8) is 0 Å². The van der Waals surface area contributed by atoms with Crippen LogP contribution in [0.3, 0.4) is 0 Å². The van der Waals surface area contributed by atoms with Crippen LogP contribution in [0.2, 0.25) is 0 Å². The first kappa shape index (κ1) is 17.7. The normalized spacial score (nSPS) is 15.3. The number of anilines is 1. The van der Waals surface area contributed by atoms with Gasteiger partial charge in [0.25, 0.3) is 0 Å². The lowest BCUT2D eigenvalue weighted by molar-refractivity contribution is -0.120. The Morgan fingerprint density at radius 1 is 1.22 bits per heavy atom. The molecule has 1 aliphatic rings. The molecule has 1 aliphatic carbocycles. The lowest BCUT2D eigenvalue weighted by Crippen LogP contribution is -2.25. The average molecular weight is 337 g/mol. The topological polar surface area (TPSA) is 72.5 Å². The average Bonchev–Trinajstić information content (AvgIpc) is 2.85. The quantitative estimate of drug-likeness (QED) is 0.652. The van der Waals surface area contributed by atoms with Crippen LogP contribution in [-0.2, 0) is 9.53 Å². The minimum absolute atomic E-state index is 0.0121. The molecule has 1 N–H and O–H groups in total. The molecule has 2 rings (SSSR count). The molecule has 0 unspecified atom stereocenters.